The molecule has 2 aromatic rings. The lowest BCUT2D eigenvalue weighted by atomic mass is 10.0. The SMILES string of the molecule is COc1cc2cccc(COC(C)=O)c2cc1OC. The number of methoxy groups -OCH3 is 2. The van der Waals surface area contributed by atoms with E-state index >= 15 is 0 Å². The summed E-state index contributed by atoms with van der Waals surface area (Å²) in [6.45, 7) is 1.65. The molecule has 0 saturated heterocycles. The van der Waals surface area contributed by atoms with E-state index in [1.807, 2.05) is 30.3 Å². The van der Waals surface area contributed by atoms with Crippen LogP contribution in [0.25, 0.3) is 10.8 Å². The van der Waals surface area contributed by atoms with Crippen LogP contribution in [0.2, 0.25) is 0 Å². The molecule has 0 spiro atoms. The number of carbonyl (C=O) groups excluding carboxylic acids is 1. The van der Waals surface area contributed by atoms with Crippen molar-refractivity contribution in [2.24, 2.45) is 0 Å². The highest BCUT2D eigenvalue weighted by atomic mass is 16.5. The van der Waals surface area contributed by atoms with Crippen molar-refractivity contribution >= 4 is 16.7 Å². The fourth-order valence-electron chi connectivity index (χ4n) is 1.97. The number of carbonyl (C=O) groups is 1. The first kappa shape index (κ1) is 13.2. The minimum absolute atomic E-state index is 0.252. The predicted molar refractivity (Wildman–Crippen MR) is 72.5 cm³/mol. The molecule has 0 aliphatic carbocycles. The number of fused-ring (bicyclic) bond motifs is 1. The van der Waals surface area contributed by atoms with Crippen LogP contribution >= 0.6 is 0 Å². The van der Waals surface area contributed by atoms with Crippen LogP contribution in [0.15, 0.2) is 30.3 Å². The molecule has 0 heterocycles. The average molecular weight is 260 g/mol. The van der Waals surface area contributed by atoms with Crippen molar-refractivity contribution in [2.45, 2.75) is 13.5 Å². The molecule has 2 rings (SSSR count). The van der Waals surface area contributed by atoms with Gasteiger partial charge in [0.15, 0.2) is 11.5 Å². The van der Waals surface area contributed by atoms with Crippen LogP contribution in [0.5, 0.6) is 11.5 Å². The van der Waals surface area contributed by atoms with Crippen molar-refractivity contribution in [1.82, 2.24) is 0 Å². The second kappa shape index (κ2) is 5.61. The Bertz CT molecular complexity index is 604. The number of hydrogen-bond donors (Lipinski definition) is 0. The van der Waals surface area contributed by atoms with Crippen LogP contribution < -0.4 is 9.47 Å². The van der Waals surface area contributed by atoms with Gasteiger partial charge in [-0.25, -0.2) is 0 Å². The third-order valence-electron chi connectivity index (χ3n) is 2.91. The molecule has 0 bridgehead atoms. The van der Waals surface area contributed by atoms with E-state index < -0.39 is 0 Å². The molecule has 0 aromatic heterocycles. The second-order valence-corrected chi connectivity index (χ2v) is 4.13. The molecule has 19 heavy (non-hydrogen) atoms. The molecular weight excluding hydrogens is 244 g/mol. The van der Waals surface area contributed by atoms with E-state index in [1.54, 1.807) is 14.2 Å². The molecule has 4 nitrogen and oxygen atoms in total. The van der Waals surface area contributed by atoms with E-state index in [2.05, 4.69) is 0 Å². The molecule has 0 unspecified atom stereocenters. The number of benzene rings is 2. The van der Waals surface area contributed by atoms with Gasteiger partial charge >= 0.3 is 5.97 Å². The molecule has 0 fully saturated rings. The van der Waals surface area contributed by atoms with E-state index in [-0.39, 0.29) is 12.6 Å². The van der Waals surface area contributed by atoms with Crippen LogP contribution in [-0.2, 0) is 16.1 Å². The highest BCUT2D eigenvalue weighted by molar-refractivity contribution is 5.89. The van der Waals surface area contributed by atoms with Crippen LogP contribution in [0.3, 0.4) is 0 Å². The Morgan fingerprint density at radius 2 is 1.79 bits per heavy atom. The highest BCUT2D eigenvalue weighted by Gasteiger charge is 2.09. The van der Waals surface area contributed by atoms with E-state index in [9.17, 15) is 4.79 Å². The van der Waals surface area contributed by atoms with Gasteiger partial charge in [0.2, 0.25) is 0 Å². The Balaban J connectivity index is 2.51. The average Bonchev–Trinajstić information content (AvgIpc) is 2.43. The Kier molecular flexibility index (Phi) is 3.90. The first-order valence-electron chi connectivity index (χ1n) is 5.92. The zero-order chi connectivity index (χ0) is 13.8. The first-order chi connectivity index (χ1) is 9.15. The van der Waals surface area contributed by atoms with Gasteiger partial charge in [0.05, 0.1) is 14.2 Å². The fourth-order valence-corrected chi connectivity index (χ4v) is 1.97. The number of rotatable bonds is 4. The number of esters is 1. The lowest BCUT2D eigenvalue weighted by Crippen LogP contribution is -1.99. The van der Waals surface area contributed by atoms with Crippen LogP contribution in [0.4, 0.5) is 0 Å². The summed E-state index contributed by atoms with van der Waals surface area (Å²) in [5.41, 5.74) is 0.939. The van der Waals surface area contributed by atoms with Crippen molar-refractivity contribution in [3.8, 4) is 11.5 Å². The molecule has 100 valence electrons. The summed E-state index contributed by atoms with van der Waals surface area (Å²) < 4.78 is 15.6. The topological polar surface area (TPSA) is 44.8 Å². The van der Waals surface area contributed by atoms with Gasteiger partial charge in [0.25, 0.3) is 0 Å². The molecule has 2 aromatic carbocycles. The summed E-state index contributed by atoms with van der Waals surface area (Å²) in [6.07, 6.45) is 0. The van der Waals surface area contributed by atoms with Crippen molar-refractivity contribution in [1.29, 1.82) is 0 Å². The summed E-state index contributed by atoms with van der Waals surface area (Å²) in [5.74, 6) is 1.04. The third-order valence-corrected chi connectivity index (χ3v) is 2.91. The van der Waals surface area contributed by atoms with Gasteiger partial charge in [-0.15, -0.1) is 0 Å². The summed E-state index contributed by atoms with van der Waals surface area (Å²) in [6, 6.07) is 9.64. The first-order valence-corrected chi connectivity index (χ1v) is 5.92. The normalized spacial score (nSPS) is 10.3. The van der Waals surface area contributed by atoms with Crippen LogP contribution in [-0.4, -0.2) is 20.2 Å². The molecule has 0 aliphatic rings. The van der Waals surface area contributed by atoms with Crippen molar-refractivity contribution in [3.05, 3.63) is 35.9 Å². The summed E-state index contributed by atoms with van der Waals surface area (Å²) in [5, 5.41) is 2.00. The van der Waals surface area contributed by atoms with Gasteiger partial charge in [-0.1, -0.05) is 18.2 Å². The highest BCUT2D eigenvalue weighted by Crippen LogP contribution is 2.33. The minimum atomic E-state index is -0.294. The van der Waals surface area contributed by atoms with Gasteiger partial charge in [-0.2, -0.15) is 0 Å². The maximum Gasteiger partial charge on any atom is 0.302 e. The predicted octanol–water partition coefficient (Wildman–Crippen LogP) is 2.92. The van der Waals surface area contributed by atoms with Crippen molar-refractivity contribution < 1.29 is 19.0 Å². The fraction of sp³-hybridized carbons (Fsp3) is 0.267. The smallest absolute Gasteiger partial charge is 0.302 e. The van der Waals surface area contributed by atoms with Crippen LogP contribution in [0.1, 0.15) is 12.5 Å². The minimum Gasteiger partial charge on any atom is -0.493 e. The monoisotopic (exact) mass is 260 g/mol. The molecule has 0 radical (unpaired) electrons. The van der Waals surface area contributed by atoms with E-state index in [1.165, 1.54) is 6.92 Å². The maximum absolute atomic E-state index is 10.9. The lowest BCUT2D eigenvalue weighted by molar-refractivity contribution is -0.142. The molecule has 0 N–H and O–H groups in total. The summed E-state index contributed by atoms with van der Waals surface area (Å²) >= 11 is 0. The summed E-state index contributed by atoms with van der Waals surface area (Å²) in [7, 11) is 3.20. The van der Waals surface area contributed by atoms with E-state index in [0.29, 0.717) is 11.5 Å². The number of ether oxygens (including phenoxy) is 3. The zero-order valence-electron chi connectivity index (χ0n) is 11.2. The van der Waals surface area contributed by atoms with Gasteiger partial charge in [-0.3, -0.25) is 4.79 Å². The maximum atomic E-state index is 10.9. The standard InChI is InChI=1S/C15H16O4/c1-10(16)19-9-12-6-4-5-11-7-14(17-2)15(18-3)8-13(11)12/h4-8H,9H2,1-3H3. The Hall–Kier alpha value is -2.23. The third kappa shape index (κ3) is 2.78. The molecule has 0 saturated carbocycles. The quantitative estimate of drug-likeness (QED) is 0.793. The zero-order valence-corrected chi connectivity index (χ0v) is 11.2. The lowest BCUT2D eigenvalue weighted by Gasteiger charge is -2.12. The van der Waals surface area contributed by atoms with Crippen molar-refractivity contribution in [2.75, 3.05) is 14.2 Å². The van der Waals surface area contributed by atoms with Crippen LogP contribution in [0, 0.1) is 0 Å². The van der Waals surface area contributed by atoms with Crippen molar-refractivity contribution in [3.63, 3.8) is 0 Å². The van der Waals surface area contributed by atoms with Gasteiger partial charge < -0.3 is 14.2 Å². The molecule has 0 amide bonds. The Morgan fingerprint density at radius 3 is 2.42 bits per heavy atom. The van der Waals surface area contributed by atoms with E-state index in [4.69, 9.17) is 14.2 Å². The van der Waals surface area contributed by atoms with E-state index in [0.717, 1.165) is 16.3 Å². The number of hydrogen-bond acceptors (Lipinski definition) is 4. The van der Waals surface area contributed by atoms with Gasteiger partial charge in [0.1, 0.15) is 6.61 Å². The summed E-state index contributed by atoms with van der Waals surface area (Å²) in [4.78, 5) is 10.9. The second-order valence-electron chi connectivity index (χ2n) is 4.13. The Labute approximate surface area is 111 Å². The molecule has 4 heteroatoms. The molecular formula is C15H16O4. The van der Waals surface area contributed by atoms with Gasteiger partial charge in [-0.05, 0) is 28.5 Å². The van der Waals surface area contributed by atoms with Gasteiger partial charge in [0, 0.05) is 6.92 Å². The molecule has 0 atom stereocenters. The largest absolute Gasteiger partial charge is 0.493 e. The Morgan fingerprint density at radius 1 is 1.11 bits per heavy atom. The molecule has 0 aliphatic heterocycles.